The van der Waals surface area contributed by atoms with E-state index in [1.807, 2.05) is 18.2 Å². The average molecular weight is 563 g/mol. The number of fused-ring (bicyclic) bond motifs is 1. The highest BCUT2D eigenvalue weighted by Crippen LogP contribution is 2.43. The Morgan fingerprint density at radius 1 is 0.976 bits per heavy atom. The lowest BCUT2D eigenvalue weighted by Crippen LogP contribution is -2.25. The lowest BCUT2D eigenvalue weighted by Gasteiger charge is -2.16. The number of methoxy groups -OCH3 is 3. The zero-order valence-corrected chi connectivity index (χ0v) is 23.4. The molecule has 2 N–H and O–H groups in total. The van der Waals surface area contributed by atoms with Gasteiger partial charge in [-0.1, -0.05) is 6.07 Å². The van der Waals surface area contributed by atoms with Crippen LogP contribution in [0.25, 0.3) is 22.3 Å². The van der Waals surface area contributed by atoms with Gasteiger partial charge in [-0.2, -0.15) is 0 Å². The molecule has 0 atom stereocenters. The van der Waals surface area contributed by atoms with Gasteiger partial charge in [-0.25, -0.2) is 0 Å². The van der Waals surface area contributed by atoms with Gasteiger partial charge >= 0.3 is 0 Å². The van der Waals surface area contributed by atoms with Crippen molar-refractivity contribution in [2.24, 2.45) is 0 Å². The van der Waals surface area contributed by atoms with Gasteiger partial charge in [0.15, 0.2) is 17.1 Å². The summed E-state index contributed by atoms with van der Waals surface area (Å²) >= 11 is 0. The minimum atomic E-state index is -0.657. The SMILES string of the molecule is COc1ccc(-c2oc3c(OC)c(OC)cc(OCCCCCC(=O)NCCc4ccccn4)c3c(=O)c2O)cc1. The fraction of sp³-hybridized carbons (Fsp3) is 0.323. The van der Waals surface area contributed by atoms with Crippen molar-refractivity contribution >= 4 is 16.9 Å². The van der Waals surface area contributed by atoms with E-state index in [1.54, 1.807) is 43.6 Å². The van der Waals surface area contributed by atoms with Gasteiger partial charge in [-0.3, -0.25) is 14.6 Å². The highest BCUT2D eigenvalue weighted by atomic mass is 16.5. The number of unbranched alkanes of at least 4 members (excludes halogenated alkanes) is 2. The van der Waals surface area contributed by atoms with Crippen molar-refractivity contribution in [3.05, 3.63) is 70.6 Å². The fourth-order valence-corrected chi connectivity index (χ4v) is 4.39. The van der Waals surface area contributed by atoms with E-state index in [2.05, 4.69) is 10.3 Å². The topological polar surface area (TPSA) is 129 Å². The number of carbonyl (C=O) groups excluding carboxylic acids is 1. The molecule has 0 saturated carbocycles. The maximum absolute atomic E-state index is 13.4. The number of aromatic hydroxyl groups is 1. The van der Waals surface area contributed by atoms with E-state index in [4.69, 9.17) is 23.4 Å². The standard InChI is InChI=1S/C31H34N2O8/c1-37-22-13-11-20(12-14-22)29-28(36)27(35)26-23(19-24(38-2)30(39-3)31(26)41-29)40-18-8-4-5-10-25(34)33-17-15-21-9-6-7-16-32-21/h6-7,9,11-14,16,19,36H,4-5,8,10,15,17-18H2,1-3H3,(H,33,34). The molecule has 2 heterocycles. The fourth-order valence-electron chi connectivity index (χ4n) is 4.39. The zero-order valence-electron chi connectivity index (χ0n) is 23.4. The van der Waals surface area contributed by atoms with Crippen LogP contribution in [0.1, 0.15) is 31.4 Å². The van der Waals surface area contributed by atoms with Gasteiger partial charge < -0.3 is 33.8 Å². The second-order valence-corrected chi connectivity index (χ2v) is 9.23. The Hall–Kier alpha value is -4.73. The van der Waals surface area contributed by atoms with Crippen molar-refractivity contribution in [2.75, 3.05) is 34.5 Å². The largest absolute Gasteiger partial charge is 0.502 e. The number of pyridine rings is 1. The van der Waals surface area contributed by atoms with Crippen molar-refractivity contribution in [3.8, 4) is 40.1 Å². The first kappa shape index (κ1) is 29.3. The van der Waals surface area contributed by atoms with Gasteiger partial charge in [0.1, 0.15) is 16.9 Å². The molecule has 0 aliphatic rings. The molecule has 216 valence electrons. The molecule has 10 nitrogen and oxygen atoms in total. The summed E-state index contributed by atoms with van der Waals surface area (Å²) in [6.07, 6.45) is 4.93. The first-order valence-corrected chi connectivity index (χ1v) is 13.3. The number of benzene rings is 2. The number of rotatable bonds is 14. The molecule has 41 heavy (non-hydrogen) atoms. The zero-order chi connectivity index (χ0) is 29.2. The second-order valence-electron chi connectivity index (χ2n) is 9.23. The maximum atomic E-state index is 13.4. The number of nitrogens with one attached hydrogen (secondary N) is 1. The third kappa shape index (κ3) is 7.08. The third-order valence-electron chi connectivity index (χ3n) is 6.54. The van der Waals surface area contributed by atoms with Gasteiger partial charge in [0.25, 0.3) is 0 Å². The number of hydrogen-bond donors (Lipinski definition) is 2. The minimum absolute atomic E-state index is 0.00604. The Kier molecular flexibility index (Phi) is 10.0. The molecule has 0 spiro atoms. The van der Waals surface area contributed by atoms with E-state index < -0.39 is 11.2 Å². The van der Waals surface area contributed by atoms with Crippen LogP contribution in [-0.2, 0) is 11.2 Å². The Morgan fingerprint density at radius 3 is 2.46 bits per heavy atom. The summed E-state index contributed by atoms with van der Waals surface area (Å²) in [5, 5.41) is 13.8. The van der Waals surface area contributed by atoms with Crippen LogP contribution >= 0.6 is 0 Å². The Balaban J connectivity index is 1.41. The summed E-state index contributed by atoms with van der Waals surface area (Å²) in [4.78, 5) is 29.7. The molecule has 4 aromatic rings. The normalized spacial score (nSPS) is 10.8. The molecule has 1 amide bonds. The average Bonchev–Trinajstić information content (AvgIpc) is 3.00. The number of carbonyl (C=O) groups is 1. The van der Waals surface area contributed by atoms with E-state index >= 15 is 0 Å². The predicted molar refractivity (Wildman–Crippen MR) is 154 cm³/mol. The quantitative estimate of drug-likeness (QED) is 0.207. The summed E-state index contributed by atoms with van der Waals surface area (Å²) < 4.78 is 28.2. The Bertz CT molecular complexity index is 1520. The number of nitrogens with zero attached hydrogens (tertiary/aromatic N) is 1. The molecule has 10 heteroatoms. The minimum Gasteiger partial charge on any atom is -0.502 e. The maximum Gasteiger partial charge on any atom is 0.238 e. The van der Waals surface area contributed by atoms with Crippen LogP contribution < -0.4 is 29.7 Å². The number of ether oxygens (including phenoxy) is 4. The van der Waals surface area contributed by atoms with Crippen molar-refractivity contribution in [1.29, 1.82) is 0 Å². The van der Waals surface area contributed by atoms with E-state index in [9.17, 15) is 14.7 Å². The molecular formula is C31H34N2O8. The molecule has 0 fully saturated rings. The molecule has 0 radical (unpaired) electrons. The van der Waals surface area contributed by atoms with Crippen LogP contribution in [0.3, 0.4) is 0 Å². The van der Waals surface area contributed by atoms with Crippen LogP contribution in [0.4, 0.5) is 0 Å². The van der Waals surface area contributed by atoms with E-state index in [0.717, 1.165) is 12.1 Å². The van der Waals surface area contributed by atoms with Gasteiger partial charge in [-0.15, -0.1) is 0 Å². The first-order chi connectivity index (χ1) is 20.0. The van der Waals surface area contributed by atoms with Crippen LogP contribution in [0.15, 0.2) is 63.9 Å². The summed E-state index contributed by atoms with van der Waals surface area (Å²) in [7, 11) is 4.45. The van der Waals surface area contributed by atoms with E-state index in [-0.39, 0.29) is 40.7 Å². The Labute approximate surface area is 237 Å². The Morgan fingerprint density at radius 2 is 1.78 bits per heavy atom. The monoisotopic (exact) mass is 562 g/mol. The van der Waals surface area contributed by atoms with Gasteiger partial charge in [0, 0.05) is 42.9 Å². The lowest BCUT2D eigenvalue weighted by atomic mass is 10.1. The van der Waals surface area contributed by atoms with E-state index in [1.165, 1.54) is 14.2 Å². The van der Waals surface area contributed by atoms with E-state index in [0.29, 0.717) is 49.3 Å². The van der Waals surface area contributed by atoms with Crippen LogP contribution in [0, 0.1) is 0 Å². The smallest absolute Gasteiger partial charge is 0.238 e. The van der Waals surface area contributed by atoms with Crippen molar-refractivity contribution < 1.29 is 33.3 Å². The van der Waals surface area contributed by atoms with Crippen LogP contribution in [0.5, 0.6) is 28.7 Å². The summed E-state index contributed by atoms with van der Waals surface area (Å²) in [6.45, 7) is 0.827. The molecule has 0 unspecified atom stereocenters. The molecule has 2 aromatic heterocycles. The number of aromatic nitrogens is 1. The summed E-state index contributed by atoms with van der Waals surface area (Å²) in [5.41, 5.74) is 0.857. The number of amides is 1. The van der Waals surface area contributed by atoms with Crippen molar-refractivity contribution in [1.82, 2.24) is 10.3 Å². The second kappa shape index (κ2) is 14.1. The predicted octanol–water partition coefficient (Wildman–Crippen LogP) is 4.88. The van der Waals surface area contributed by atoms with Crippen molar-refractivity contribution in [3.63, 3.8) is 0 Å². The molecule has 0 aliphatic heterocycles. The molecule has 0 saturated heterocycles. The third-order valence-corrected chi connectivity index (χ3v) is 6.54. The highest BCUT2D eigenvalue weighted by molar-refractivity contribution is 5.93. The molecule has 4 rings (SSSR count). The molecule has 0 bridgehead atoms. The molecule has 2 aromatic carbocycles. The number of hydrogen-bond acceptors (Lipinski definition) is 9. The van der Waals surface area contributed by atoms with Crippen LogP contribution in [0.2, 0.25) is 0 Å². The summed E-state index contributed by atoms with van der Waals surface area (Å²) in [5.74, 6) is 0.772. The van der Waals surface area contributed by atoms with Crippen LogP contribution in [-0.4, -0.2) is 50.5 Å². The summed E-state index contributed by atoms with van der Waals surface area (Å²) in [6, 6.07) is 14.0. The van der Waals surface area contributed by atoms with Gasteiger partial charge in [0.2, 0.25) is 22.8 Å². The molecule has 0 aliphatic carbocycles. The highest BCUT2D eigenvalue weighted by Gasteiger charge is 2.24. The van der Waals surface area contributed by atoms with Gasteiger partial charge in [-0.05, 0) is 55.7 Å². The van der Waals surface area contributed by atoms with Gasteiger partial charge in [0.05, 0.1) is 27.9 Å². The van der Waals surface area contributed by atoms with Crippen molar-refractivity contribution in [2.45, 2.75) is 32.1 Å². The molecular weight excluding hydrogens is 528 g/mol. The first-order valence-electron chi connectivity index (χ1n) is 13.3. The lowest BCUT2D eigenvalue weighted by molar-refractivity contribution is -0.121.